The number of sulfone groups is 1. The Morgan fingerprint density at radius 1 is 1.16 bits per heavy atom. The summed E-state index contributed by atoms with van der Waals surface area (Å²) in [4.78, 5) is 20.1. The first kappa shape index (κ1) is 24.5. The van der Waals surface area contributed by atoms with Gasteiger partial charge >= 0.3 is 0 Å². The average Bonchev–Trinajstić information content (AvgIpc) is 2.73. The molecule has 2 atom stereocenters. The van der Waals surface area contributed by atoms with E-state index >= 15 is 0 Å². The summed E-state index contributed by atoms with van der Waals surface area (Å²) in [5.41, 5.74) is -0.0195. The van der Waals surface area contributed by atoms with Crippen LogP contribution in [-0.4, -0.2) is 68.1 Å². The Morgan fingerprint density at radius 2 is 1.75 bits per heavy atom. The lowest BCUT2D eigenvalue weighted by atomic mass is 10.3. The van der Waals surface area contributed by atoms with Crippen LogP contribution in [0.25, 0.3) is 0 Å². The van der Waals surface area contributed by atoms with Crippen LogP contribution in [0.1, 0.15) is 31.3 Å². The van der Waals surface area contributed by atoms with E-state index < -0.39 is 30.9 Å². The topological polar surface area (TPSA) is 136 Å². The molecule has 174 valence electrons. The third-order valence-corrected chi connectivity index (χ3v) is 8.37. The number of carbonyl (C=O) groups excluding carboxylic acids is 1. The molecule has 1 aliphatic rings. The van der Waals surface area contributed by atoms with Crippen molar-refractivity contribution in [2.75, 3.05) is 24.2 Å². The number of sulfonamides is 1. The fourth-order valence-electron chi connectivity index (χ4n) is 3.17. The summed E-state index contributed by atoms with van der Waals surface area (Å²) in [5, 5.41) is 1.92. The molecule has 1 N–H and O–H groups in total. The Hall–Kier alpha value is -2.12. The van der Waals surface area contributed by atoms with Crippen LogP contribution in [0.2, 0.25) is 5.02 Å². The van der Waals surface area contributed by atoms with E-state index in [4.69, 9.17) is 16.3 Å². The Morgan fingerprint density at radius 3 is 2.31 bits per heavy atom. The molecule has 2 heterocycles. The highest BCUT2D eigenvalue weighted by molar-refractivity contribution is 7.91. The van der Waals surface area contributed by atoms with Crippen LogP contribution in [0.4, 0.5) is 5.69 Å². The molecule has 10 nitrogen and oxygen atoms in total. The number of nitrogens with zero attached hydrogens (tertiary/aromatic N) is 3. The van der Waals surface area contributed by atoms with Gasteiger partial charge in [-0.15, -0.1) is 0 Å². The van der Waals surface area contributed by atoms with Gasteiger partial charge in [-0.3, -0.25) is 4.79 Å². The minimum Gasteiger partial charge on any atom is -0.373 e. The summed E-state index contributed by atoms with van der Waals surface area (Å²) in [5.74, 6) is -0.983. The number of nitrogens with one attached hydrogen (secondary N) is 1. The zero-order valence-electron chi connectivity index (χ0n) is 17.6. The van der Waals surface area contributed by atoms with Crippen LogP contribution in [0.5, 0.6) is 0 Å². The van der Waals surface area contributed by atoms with E-state index in [9.17, 15) is 21.6 Å². The molecule has 1 aromatic heterocycles. The smallest absolute Gasteiger partial charge is 0.275 e. The molecule has 2 aromatic rings. The van der Waals surface area contributed by atoms with Crippen molar-refractivity contribution in [2.45, 2.75) is 43.0 Å². The zero-order valence-corrected chi connectivity index (χ0v) is 20.0. The second kappa shape index (κ2) is 9.40. The van der Waals surface area contributed by atoms with Crippen LogP contribution in [0.15, 0.2) is 40.5 Å². The van der Waals surface area contributed by atoms with E-state index in [1.807, 2.05) is 13.8 Å². The van der Waals surface area contributed by atoms with E-state index in [1.165, 1.54) is 35.5 Å². The molecule has 2 unspecified atom stereocenters. The fraction of sp³-hybridized carbons (Fsp3) is 0.421. The molecule has 0 aliphatic carbocycles. The summed E-state index contributed by atoms with van der Waals surface area (Å²) in [6.45, 7) is 5.56. The lowest BCUT2D eigenvalue weighted by Crippen LogP contribution is -2.48. The van der Waals surface area contributed by atoms with Crippen molar-refractivity contribution in [1.29, 1.82) is 0 Å². The summed E-state index contributed by atoms with van der Waals surface area (Å²) < 4.78 is 56.8. The van der Waals surface area contributed by atoms with E-state index in [0.29, 0.717) is 0 Å². The lowest BCUT2D eigenvalue weighted by molar-refractivity contribution is -0.0440. The number of anilines is 1. The number of hydrogen-bond donors (Lipinski definition) is 1. The first-order valence-corrected chi connectivity index (χ1v) is 13.2. The summed E-state index contributed by atoms with van der Waals surface area (Å²) in [6.07, 6.45) is 0.614. The maximum absolute atomic E-state index is 12.9. The first-order valence-electron chi connectivity index (χ1n) is 9.76. The maximum atomic E-state index is 12.9. The molecule has 1 fully saturated rings. The predicted octanol–water partition coefficient (Wildman–Crippen LogP) is 1.97. The lowest BCUT2D eigenvalue weighted by Gasteiger charge is -2.34. The van der Waals surface area contributed by atoms with Gasteiger partial charge in [0.15, 0.2) is 5.69 Å². The van der Waals surface area contributed by atoms with Crippen LogP contribution in [0, 0.1) is 0 Å². The third kappa shape index (κ3) is 5.26. The minimum absolute atomic E-state index is 0.0770. The van der Waals surface area contributed by atoms with Gasteiger partial charge in [-0.05, 0) is 38.1 Å². The number of morpholine rings is 1. The standard InChI is InChI=1S/C19H23ClN4O6S2/c1-4-31(26,27)19-21-9-16(20)17(23-19)18(25)22-14-5-7-15(8-6-14)32(28,29)24-10-12(2)30-13(3)11-24/h5-9,12-13H,4,10-11H2,1-3H3,(H,22,25). The van der Waals surface area contributed by atoms with E-state index in [2.05, 4.69) is 15.3 Å². The molecule has 3 rings (SSSR count). The second-order valence-electron chi connectivity index (χ2n) is 7.31. The van der Waals surface area contributed by atoms with E-state index in [1.54, 1.807) is 0 Å². The Balaban J connectivity index is 1.79. The van der Waals surface area contributed by atoms with Crippen LogP contribution in [0.3, 0.4) is 0 Å². The van der Waals surface area contributed by atoms with Gasteiger partial charge in [-0.1, -0.05) is 18.5 Å². The Bertz CT molecular complexity index is 1210. The minimum atomic E-state index is -3.73. The predicted molar refractivity (Wildman–Crippen MR) is 118 cm³/mol. The molecule has 32 heavy (non-hydrogen) atoms. The van der Waals surface area contributed by atoms with Gasteiger partial charge in [-0.25, -0.2) is 26.8 Å². The number of hydrogen-bond acceptors (Lipinski definition) is 8. The number of ether oxygens (including phenoxy) is 1. The van der Waals surface area contributed by atoms with Crippen molar-refractivity contribution in [1.82, 2.24) is 14.3 Å². The molecule has 0 bridgehead atoms. The number of benzene rings is 1. The third-order valence-electron chi connectivity index (χ3n) is 4.73. The summed E-state index contributed by atoms with van der Waals surface area (Å²) >= 11 is 5.97. The average molecular weight is 503 g/mol. The molecule has 0 spiro atoms. The quantitative estimate of drug-likeness (QED) is 0.592. The molecule has 0 saturated carbocycles. The van der Waals surface area contributed by atoms with Crippen LogP contribution in [-0.2, 0) is 24.6 Å². The van der Waals surface area contributed by atoms with Crippen molar-refractivity contribution in [3.63, 3.8) is 0 Å². The monoisotopic (exact) mass is 502 g/mol. The number of rotatable bonds is 6. The molecule has 1 aliphatic heterocycles. The van der Waals surface area contributed by atoms with Gasteiger partial charge in [0.05, 0.1) is 34.1 Å². The summed E-state index contributed by atoms with van der Waals surface area (Å²) in [7, 11) is -7.45. The van der Waals surface area contributed by atoms with Gasteiger partial charge in [0.25, 0.3) is 5.91 Å². The molecule has 0 radical (unpaired) electrons. The van der Waals surface area contributed by atoms with Crippen molar-refractivity contribution < 1.29 is 26.4 Å². The highest BCUT2D eigenvalue weighted by Gasteiger charge is 2.32. The number of carbonyl (C=O) groups is 1. The second-order valence-corrected chi connectivity index (χ2v) is 11.8. The molecule has 13 heteroatoms. The highest BCUT2D eigenvalue weighted by Crippen LogP contribution is 2.23. The first-order chi connectivity index (χ1) is 14.9. The molecular weight excluding hydrogens is 480 g/mol. The van der Waals surface area contributed by atoms with Crippen molar-refractivity contribution >= 4 is 43.1 Å². The van der Waals surface area contributed by atoms with E-state index in [0.717, 1.165) is 6.20 Å². The number of aromatic nitrogens is 2. The van der Waals surface area contributed by atoms with Gasteiger partial charge in [0, 0.05) is 18.8 Å². The van der Waals surface area contributed by atoms with Gasteiger partial charge in [0.2, 0.25) is 25.0 Å². The molecule has 1 saturated heterocycles. The Kier molecular flexibility index (Phi) is 7.20. The van der Waals surface area contributed by atoms with Crippen molar-refractivity contribution in [3.05, 3.63) is 41.2 Å². The molecular formula is C19H23ClN4O6S2. The summed E-state index contributed by atoms with van der Waals surface area (Å²) in [6, 6.07) is 5.61. The van der Waals surface area contributed by atoms with Crippen LogP contribution < -0.4 is 5.32 Å². The highest BCUT2D eigenvalue weighted by atomic mass is 35.5. The molecule has 1 amide bonds. The fourth-order valence-corrected chi connectivity index (χ4v) is 5.63. The largest absolute Gasteiger partial charge is 0.373 e. The van der Waals surface area contributed by atoms with Gasteiger partial charge in [-0.2, -0.15) is 4.31 Å². The van der Waals surface area contributed by atoms with Crippen LogP contribution >= 0.6 is 11.6 Å². The van der Waals surface area contributed by atoms with Crippen molar-refractivity contribution in [2.24, 2.45) is 0 Å². The SMILES string of the molecule is CCS(=O)(=O)c1ncc(Cl)c(C(=O)Nc2ccc(S(=O)(=O)N3CC(C)OC(C)C3)cc2)n1. The normalized spacial score (nSPS) is 20.1. The van der Waals surface area contributed by atoms with Crippen molar-refractivity contribution in [3.8, 4) is 0 Å². The zero-order chi connectivity index (χ0) is 23.7. The molecule has 1 aromatic carbocycles. The van der Waals surface area contributed by atoms with Gasteiger partial charge < -0.3 is 10.1 Å². The Labute approximate surface area is 191 Å². The maximum Gasteiger partial charge on any atom is 0.275 e. The van der Waals surface area contributed by atoms with E-state index in [-0.39, 0.29) is 52.3 Å². The number of halogens is 1. The van der Waals surface area contributed by atoms with Gasteiger partial charge in [0.1, 0.15) is 0 Å². The number of amides is 1.